The molecule has 0 radical (unpaired) electrons. The van der Waals surface area contributed by atoms with Gasteiger partial charge >= 0.3 is 17.9 Å². The number of carboxylic acids is 3. The van der Waals surface area contributed by atoms with E-state index in [1.54, 1.807) is 30.3 Å². The molecule has 0 fully saturated rings. The highest BCUT2D eigenvalue weighted by atomic mass is 32.2. The van der Waals surface area contributed by atoms with E-state index in [-0.39, 0.29) is 6.42 Å². The largest absolute Gasteiger partial charge is 0.481 e. The number of carboxylic acid groups (broad SMARTS) is 3. The van der Waals surface area contributed by atoms with Gasteiger partial charge in [-0.1, -0.05) is 30.3 Å². The van der Waals surface area contributed by atoms with Crippen LogP contribution < -0.4 is 21.7 Å². The Balaban J connectivity index is 3.08. The molecular weight excluding hydrogens is 508 g/mol. The number of hydrogen-bond acceptors (Lipinski definition) is 8. The molecule has 4 unspecified atom stereocenters. The predicted octanol–water partition coefficient (Wildman–Crippen LogP) is -0.812. The topological polar surface area (TPSA) is 225 Å². The van der Waals surface area contributed by atoms with Gasteiger partial charge in [-0.3, -0.25) is 24.0 Å². The second-order valence-corrected chi connectivity index (χ2v) is 9.12. The summed E-state index contributed by atoms with van der Waals surface area (Å²) >= 11 is 1.49. The van der Waals surface area contributed by atoms with Crippen molar-refractivity contribution in [3.8, 4) is 0 Å². The highest BCUT2D eigenvalue weighted by Gasteiger charge is 2.32. The van der Waals surface area contributed by atoms with Crippen LogP contribution >= 0.6 is 11.8 Å². The minimum Gasteiger partial charge on any atom is -0.481 e. The van der Waals surface area contributed by atoms with Crippen LogP contribution in [0.5, 0.6) is 0 Å². The normalized spacial score (nSPS) is 13.9. The maximum absolute atomic E-state index is 13.1. The Morgan fingerprint density at radius 1 is 0.811 bits per heavy atom. The van der Waals surface area contributed by atoms with E-state index in [0.717, 1.165) is 0 Å². The summed E-state index contributed by atoms with van der Waals surface area (Å²) in [6, 6.07) is 3.18. The molecule has 14 heteroatoms. The van der Waals surface area contributed by atoms with E-state index in [1.165, 1.54) is 11.8 Å². The maximum Gasteiger partial charge on any atom is 0.326 e. The summed E-state index contributed by atoms with van der Waals surface area (Å²) in [6.07, 6.45) is 0.303. The average Bonchev–Trinajstić information content (AvgIpc) is 2.83. The van der Waals surface area contributed by atoms with E-state index in [9.17, 15) is 39.0 Å². The third-order valence-electron chi connectivity index (χ3n) is 5.16. The fourth-order valence-corrected chi connectivity index (χ4v) is 3.66. The highest BCUT2D eigenvalue weighted by Crippen LogP contribution is 2.07. The quantitative estimate of drug-likeness (QED) is 0.129. The summed E-state index contributed by atoms with van der Waals surface area (Å²) in [6.45, 7) is 0. The monoisotopic (exact) mass is 540 g/mol. The maximum atomic E-state index is 13.1. The lowest BCUT2D eigenvalue weighted by molar-refractivity contribution is -0.144. The molecular formula is C23H32N4O9S. The number of benzene rings is 1. The van der Waals surface area contributed by atoms with Crippen LogP contribution in [0.1, 0.15) is 31.2 Å². The Bertz CT molecular complexity index is 961. The second-order valence-electron chi connectivity index (χ2n) is 8.13. The van der Waals surface area contributed by atoms with Crippen molar-refractivity contribution >= 4 is 47.4 Å². The molecule has 1 aromatic rings. The summed E-state index contributed by atoms with van der Waals surface area (Å²) in [5.74, 6) is -6.28. The number of thioether (sulfide) groups is 1. The standard InChI is InChI=1S/C23H32N4O9S/c1-37-10-9-14(24)20(32)26-16(11-13-5-3-2-4-6-13)21(33)27-17(12-19(30)31)22(34)25-15(23(35)36)7-8-18(28)29/h2-6,14-17H,7-12,24H2,1H3,(H,25,34)(H,26,32)(H,27,33)(H,28,29)(H,30,31)(H,35,36). The first-order chi connectivity index (χ1) is 17.4. The van der Waals surface area contributed by atoms with Gasteiger partial charge in [0.15, 0.2) is 0 Å². The summed E-state index contributed by atoms with van der Waals surface area (Å²) in [4.78, 5) is 71.9. The molecule has 0 heterocycles. The van der Waals surface area contributed by atoms with Crippen molar-refractivity contribution in [3.63, 3.8) is 0 Å². The second kappa shape index (κ2) is 16.2. The van der Waals surface area contributed by atoms with Gasteiger partial charge in [0.25, 0.3) is 0 Å². The Hall–Kier alpha value is -3.65. The van der Waals surface area contributed by atoms with Crippen molar-refractivity contribution < 1.29 is 44.1 Å². The number of carbonyl (C=O) groups excluding carboxylic acids is 3. The molecule has 3 amide bonds. The van der Waals surface area contributed by atoms with Gasteiger partial charge in [-0.2, -0.15) is 11.8 Å². The summed E-state index contributed by atoms with van der Waals surface area (Å²) in [5.41, 5.74) is 6.56. The molecule has 0 aromatic heterocycles. The molecule has 0 spiro atoms. The molecule has 4 atom stereocenters. The Morgan fingerprint density at radius 2 is 1.38 bits per heavy atom. The fourth-order valence-electron chi connectivity index (χ4n) is 3.17. The van der Waals surface area contributed by atoms with Crippen molar-refractivity contribution in [2.75, 3.05) is 12.0 Å². The van der Waals surface area contributed by atoms with Crippen LogP contribution in [0, 0.1) is 0 Å². The zero-order valence-corrected chi connectivity index (χ0v) is 21.0. The molecule has 13 nitrogen and oxygen atoms in total. The molecule has 1 aromatic carbocycles. The van der Waals surface area contributed by atoms with Crippen LogP contribution in [-0.4, -0.2) is 87.1 Å². The van der Waals surface area contributed by atoms with E-state index in [4.69, 9.17) is 10.8 Å². The molecule has 0 saturated carbocycles. The highest BCUT2D eigenvalue weighted by molar-refractivity contribution is 7.98. The van der Waals surface area contributed by atoms with Crippen LogP contribution in [0.2, 0.25) is 0 Å². The number of rotatable bonds is 17. The number of nitrogens with two attached hydrogens (primary N) is 1. The molecule has 0 saturated heterocycles. The third-order valence-corrected chi connectivity index (χ3v) is 5.80. The molecule has 37 heavy (non-hydrogen) atoms. The minimum atomic E-state index is -1.70. The molecule has 1 rings (SSSR count). The number of nitrogens with one attached hydrogen (secondary N) is 3. The van der Waals surface area contributed by atoms with Gasteiger partial charge in [0, 0.05) is 12.8 Å². The summed E-state index contributed by atoms with van der Waals surface area (Å²) < 4.78 is 0. The van der Waals surface area contributed by atoms with Gasteiger partial charge in [0.1, 0.15) is 18.1 Å². The molecule has 0 aliphatic heterocycles. The number of hydrogen-bond donors (Lipinski definition) is 7. The van der Waals surface area contributed by atoms with Crippen LogP contribution in [0.4, 0.5) is 0 Å². The average molecular weight is 541 g/mol. The Morgan fingerprint density at radius 3 is 1.92 bits per heavy atom. The minimum absolute atomic E-state index is 0.00539. The van der Waals surface area contributed by atoms with Crippen molar-refractivity contribution in [1.29, 1.82) is 0 Å². The third kappa shape index (κ3) is 12.2. The van der Waals surface area contributed by atoms with Gasteiger partial charge in [-0.15, -0.1) is 0 Å². The van der Waals surface area contributed by atoms with Crippen molar-refractivity contribution in [3.05, 3.63) is 35.9 Å². The lowest BCUT2D eigenvalue weighted by Gasteiger charge is -2.24. The van der Waals surface area contributed by atoms with E-state index in [0.29, 0.717) is 17.7 Å². The summed E-state index contributed by atoms with van der Waals surface area (Å²) in [7, 11) is 0. The van der Waals surface area contributed by atoms with Crippen LogP contribution in [0.3, 0.4) is 0 Å². The van der Waals surface area contributed by atoms with Gasteiger partial charge < -0.3 is 37.0 Å². The van der Waals surface area contributed by atoms with Crippen LogP contribution in [-0.2, 0) is 35.2 Å². The summed E-state index contributed by atoms with van der Waals surface area (Å²) in [5, 5.41) is 34.1. The predicted molar refractivity (Wildman–Crippen MR) is 134 cm³/mol. The van der Waals surface area contributed by atoms with Gasteiger partial charge in [-0.25, -0.2) is 4.79 Å². The number of carbonyl (C=O) groups is 6. The lowest BCUT2D eigenvalue weighted by Crippen LogP contribution is -2.58. The molecule has 0 aliphatic rings. The number of amides is 3. The van der Waals surface area contributed by atoms with Crippen molar-refractivity contribution in [2.45, 2.75) is 56.3 Å². The molecule has 8 N–H and O–H groups in total. The van der Waals surface area contributed by atoms with Gasteiger partial charge in [0.2, 0.25) is 17.7 Å². The van der Waals surface area contributed by atoms with Crippen LogP contribution in [0.25, 0.3) is 0 Å². The van der Waals surface area contributed by atoms with E-state index in [1.807, 2.05) is 6.26 Å². The first-order valence-electron chi connectivity index (χ1n) is 11.3. The van der Waals surface area contributed by atoms with Crippen molar-refractivity contribution in [1.82, 2.24) is 16.0 Å². The van der Waals surface area contributed by atoms with E-state index in [2.05, 4.69) is 16.0 Å². The van der Waals surface area contributed by atoms with Gasteiger partial charge in [0.05, 0.1) is 12.5 Å². The molecule has 0 bridgehead atoms. The van der Waals surface area contributed by atoms with Crippen LogP contribution in [0.15, 0.2) is 30.3 Å². The smallest absolute Gasteiger partial charge is 0.326 e. The zero-order valence-electron chi connectivity index (χ0n) is 20.2. The van der Waals surface area contributed by atoms with E-state index < -0.39 is 79.1 Å². The molecule has 0 aliphatic carbocycles. The first kappa shape index (κ1) is 31.4. The fraction of sp³-hybridized carbons (Fsp3) is 0.478. The lowest BCUT2D eigenvalue weighted by atomic mass is 10.0. The molecule has 204 valence electrons. The number of aliphatic carboxylic acids is 3. The first-order valence-corrected chi connectivity index (χ1v) is 12.7. The SMILES string of the molecule is CSCCC(N)C(=O)NC(Cc1ccccc1)C(=O)NC(CC(=O)O)C(=O)NC(CCC(=O)O)C(=O)O. The van der Waals surface area contributed by atoms with Gasteiger partial charge in [-0.05, 0) is 30.4 Å². The van der Waals surface area contributed by atoms with Crippen molar-refractivity contribution in [2.24, 2.45) is 5.73 Å². The van der Waals surface area contributed by atoms with E-state index >= 15 is 0 Å². The Kier molecular flexibility index (Phi) is 13.7. The zero-order chi connectivity index (χ0) is 28.0. The Labute approximate surface area is 217 Å².